The van der Waals surface area contributed by atoms with Crippen molar-refractivity contribution in [3.8, 4) is 40.2 Å². The Morgan fingerprint density at radius 3 is 1.81 bits per heavy atom. The summed E-state index contributed by atoms with van der Waals surface area (Å²) in [5.41, 5.74) is 11.1. The second kappa shape index (κ2) is 24.8. The first-order valence-corrected chi connectivity index (χ1v) is 24.9. The Balaban J connectivity index is 1.41. The number of aliphatic hydroxyl groups is 2. The summed E-state index contributed by atoms with van der Waals surface area (Å²) in [6.45, 7) is 3.58. The van der Waals surface area contributed by atoms with Gasteiger partial charge in [0.15, 0.2) is 17.5 Å². The van der Waals surface area contributed by atoms with E-state index in [1.165, 1.54) is 73.8 Å². The van der Waals surface area contributed by atoms with Crippen LogP contribution in [-0.4, -0.2) is 104 Å². The van der Waals surface area contributed by atoms with Gasteiger partial charge in [0.2, 0.25) is 47.1 Å². The third-order valence-corrected chi connectivity index (χ3v) is 13.2. The summed E-state index contributed by atoms with van der Waals surface area (Å²) in [5, 5.41) is 70.1. The predicted octanol–water partition coefficient (Wildman–Crippen LogP) is 2.75. The molecule has 9 atom stereocenters. The monoisotopic (exact) mass is 1130 g/mol. The number of benzene rings is 5. The highest BCUT2D eigenvalue weighted by molar-refractivity contribution is 6.32. The summed E-state index contributed by atoms with van der Waals surface area (Å²) < 4.78 is 17.5. The van der Waals surface area contributed by atoms with E-state index in [9.17, 15) is 59.1 Å². The molecule has 0 aromatic heterocycles. The number of methoxy groups -OCH3 is 1. The van der Waals surface area contributed by atoms with Crippen LogP contribution in [0.4, 0.5) is 0 Å². The van der Waals surface area contributed by atoms with Gasteiger partial charge in [0.25, 0.3) is 0 Å². The van der Waals surface area contributed by atoms with Crippen molar-refractivity contribution in [3.63, 3.8) is 0 Å². The molecule has 0 saturated carbocycles. The molecule has 7 amide bonds. The van der Waals surface area contributed by atoms with E-state index in [1.54, 1.807) is 13.8 Å². The molecule has 0 unspecified atom stereocenters. The smallest absolute Gasteiger partial charge is 0.330 e. The summed E-state index contributed by atoms with van der Waals surface area (Å²) in [6.07, 6.45) is -4.82. The highest BCUT2D eigenvalue weighted by Crippen LogP contribution is 2.46. The van der Waals surface area contributed by atoms with Gasteiger partial charge in [0, 0.05) is 0 Å². The molecule has 0 fully saturated rings. The fourth-order valence-electron chi connectivity index (χ4n) is 8.55. The summed E-state index contributed by atoms with van der Waals surface area (Å²) in [6, 6.07) is 6.63. The minimum Gasteiger partial charge on any atom is -0.508 e. The van der Waals surface area contributed by atoms with Gasteiger partial charge < -0.3 is 83.1 Å². The Hall–Kier alpha value is -8.68. The van der Waals surface area contributed by atoms with Crippen LogP contribution in [0.2, 0.25) is 10.0 Å². The quantitative estimate of drug-likeness (QED) is 0.0854. The molecule has 416 valence electrons. The molecule has 15 N–H and O–H groups in total. The fraction of sp³-hybridized carbons (Fsp3) is 0.283. The van der Waals surface area contributed by atoms with E-state index in [0.717, 1.165) is 30.3 Å². The molecule has 0 saturated heterocycles. The number of aliphatic carboxylic acids is 1. The van der Waals surface area contributed by atoms with E-state index in [4.69, 9.17) is 48.9 Å². The van der Waals surface area contributed by atoms with Crippen LogP contribution in [0.25, 0.3) is 0 Å². The van der Waals surface area contributed by atoms with Crippen LogP contribution in [0.15, 0.2) is 97.1 Å². The largest absolute Gasteiger partial charge is 0.508 e. The number of hydrogen-bond donors (Lipinski definition) is 13. The molecule has 7 bridgehead atoms. The number of phenols is 2. The topological polar surface area (TPSA) is 390 Å². The van der Waals surface area contributed by atoms with Crippen molar-refractivity contribution in [2.24, 2.45) is 17.4 Å². The number of ether oxygens (including phenoxy) is 3. The number of carboxylic acids is 1. The SMILES string of the molecule is COc1cccc([C@H](NC(=O)[C@H]2NC(=O)[C@H](c3ccc(O)cc3)NC(=O)[C@H]3NC(=O)[C@@H](CC(N)=O)NC(=O)[C@@H](NC(=O)[C@H](N)CC(C)C)[C@@H](O)c4ccc(c(Cl)c4)Oc4cc3cc(c4O)Oc3ccc(cc3Cl)[C@@H]2O)C(=O)O)c1. The van der Waals surface area contributed by atoms with E-state index in [2.05, 4.69) is 31.9 Å². The zero-order valence-electron chi connectivity index (χ0n) is 42.1. The number of fused-ring (bicyclic) bond motifs is 16. The van der Waals surface area contributed by atoms with Crippen molar-refractivity contribution in [2.45, 2.75) is 81.2 Å². The second-order valence-corrected chi connectivity index (χ2v) is 19.6. The highest BCUT2D eigenvalue weighted by Gasteiger charge is 2.40. The number of rotatable bonds is 12. The maximum atomic E-state index is 15.2. The van der Waals surface area contributed by atoms with Gasteiger partial charge in [-0.1, -0.05) is 73.4 Å². The van der Waals surface area contributed by atoms with Gasteiger partial charge in [-0.2, -0.15) is 0 Å². The average molecular weight is 1130 g/mol. The van der Waals surface area contributed by atoms with E-state index in [0.29, 0.717) is 0 Å². The Kier molecular flexibility index (Phi) is 18.2. The molecule has 26 heteroatoms. The molecule has 79 heavy (non-hydrogen) atoms. The number of aliphatic hydroxyl groups excluding tert-OH is 2. The number of primary amides is 1. The fourth-order valence-corrected chi connectivity index (χ4v) is 9.01. The van der Waals surface area contributed by atoms with Crippen molar-refractivity contribution < 1.29 is 78.1 Å². The number of halogens is 2. The molecular formula is C53H54Cl2N8O16. The number of hydrogen-bond acceptors (Lipinski definition) is 16. The zero-order chi connectivity index (χ0) is 57.6. The van der Waals surface area contributed by atoms with Gasteiger partial charge in [-0.05, 0) is 101 Å². The molecule has 24 nitrogen and oxygen atoms in total. The predicted molar refractivity (Wildman–Crippen MR) is 280 cm³/mol. The first-order valence-electron chi connectivity index (χ1n) is 24.1. The maximum absolute atomic E-state index is 15.2. The average Bonchev–Trinajstić information content (AvgIpc) is 3.41. The van der Waals surface area contributed by atoms with Gasteiger partial charge in [-0.25, -0.2) is 4.79 Å². The Morgan fingerprint density at radius 2 is 1.25 bits per heavy atom. The van der Waals surface area contributed by atoms with Crippen LogP contribution < -0.4 is 57.6 Å². The van der Waals surface area contributed by atoms with Gasteiger partial charge in [-0.3, -0.25) is 33.6 Å². The first-order chi connectivity index (χ1) is 37.4. The second-order valence-electron chi connectivity index (χ2n) is 18.8. The van der Waals surface area contributed by atoms with E-state index in [1.807, 2.05) is 0 Å². The van der Waals surface area contributed by atoms with Gasteiger partial charge in [0.1, 0.15) is 65.4 Å². The molecule has 4 aliphatic heterocycles. The number of nitrogens with one attached hydrogen (secondary N) is 6. The molecule has 5 aromatic carbocycles. The van der Waals surface area contributed by atoms with Crippen molar-refractivity contribution in [2.75, 3.05) is 7.11 Å². The van der Waals surface area contributed by atoms with Gasteiger partial charge >= 0.3 is 5.97 Å². The van der Waals surface area contributed by atoms with Crippen LogP contribution in [0.5, 0.6) is 40.2 Å². The lowest BCUT2D eigenvalue weighted by molar-refractivity contribution is -0.143. The number of aromatic hydroxyl groups is 2. The number of phenolic OH excluding ortho intramolecular Hbond substituents is 2. The normalized spacial score (nSPS) is 21.3. The Bertz CT molecular complexity index is 3200. The first kappa shape index (κ1) is 58.0. The maximum Gasteiger partial charge on any atom is 0.330 e. The summed E-state index contributed by atoms with van der Waals surface area (Å²) >= 11 is 13.5. The van der Waals surface area contributed by atoms with Crippen molar-refractivity contribution >= 4 is 70.5 Å². The van der Waals surface area contributed by atoms with Crippen molar-refractivity contribution in [1.29, 1.82) is 0 Å². The van der Waals surface area contributed by atoms with Crippen LogP contribution in [0.3, 0.4) is 0 Å². The van der Waals surface area contributed by atoms with E-state index >= 15 is 4.79 Å². The van der Waals surface area contributed by atoms with Crippen LogP contribution in [0, 0.1) is 5.92 Å². The lowest BCUT2D eigenvalue weighted by atomic mass is 9.97. The Morgan fingerprint density at radius 1 is 0.696 bits per heavy atom. The molecular weight excluding hydrogens is 1080 g/mol. The highest BCUT2D eigenvalue weighted by atomic mass is 35.5. The number of carboxylic acid groups (broad SMARTS) is 1. The zero-order valence-corrected chi connectivity index (χ0v) is 43.6. The number of amides is 7. The molecule has 0 spiro atoms. The van der Waals surface area contributed by atoms with Crippen LogP contribution in [0.1, 0.15) is 84.8 Å². The number of carbonyl (C=O) groups excluding carboxylic acids is 7. The van der Waals surface area contributed by atoms with E-state index in [-0.39, 0.29) is 73.2 Å². The summed E-state index contributed by atoms with van der Waals surface area (Å²) in [7, 11) is 1.33. The van der Waals surface area contributed by atoms with Crippen molar-refractivity contribution in [1.82, 2.24) is 31.9 Å². The van der Waals surface area contributed by atoms with Crippen LogP contribution >= 0.6 is 23.2 Å². The molecule has 4 heterocycles. The molecule has 9 rings (SSSR count). The molecule has 0 radical (unpaired) electrons. The standard InChI is InChI=1S/C53H54Cl2N8O16/c1-22(2)15-32(56)47(69)62-42-44(66)25-9-13-34(30(54)17-25)78-36-19-27-20-37(46(36)68)79-35-14-10-26(18-31(35)55)45(67)43(52(74)61-41(53(75)76)24-5-4-6-29(16-24)77-3)63-49(71)39(23-7-11-28(64)12-8-23)60-50(72)40(27)59-48(70)33(21-38(57)65)58-51(42)73/h4-14,16-20,22,32-33,39-45,64,66-68H,15,21,56H2,1-3H3,(H2,57,65)(H,58,73)(H,59,70)(H,60,72)(H,61,74)(H,62,69)(H,63,71)(H,75,76)/t32-,33-,39+,40+,41+,42+,43+,44+,45+/m1/s1. The number of carbonyl (C=O) groups is 8. The minimum atomic E-state index is -2.11. The summed E-state index contributed by atoms with van der Waals surface area (Å²) in [4.78, 5) is 112. The van der Waals surface area contributed by atoms with Crippen LogP contribution in [-0.2, 0) is 38.4 Å². The van der Waals surface area contributed by atoms with Crippen molar-refractivity contribution in [3.05, 3.63) is 135 Å². The molecule has 4 aliphatic rings. The van der Waals surface area contributed by atoms with Gasteiger partial charge in [0.05, 0.1) is 29.6 Å². The number of nitrogens with two attached hydrogens (primary N) is 2. The lowest BCUT2D eigenvalue weighted by Crippen LogP contribution is -2.59. The third-order valence-electron chi connectivity index (χ3n) is 12.6. The third kappa shape index (κ3) is 13.7. The molecule has 0 aliphatic carbocycles. The molecule has 5 aromatic rings. The van der Waals surface area contributed by atoms with E-state index < -0.39 is 125 Å². The Labute approximate surface area is 459 Å². The lowest BCUT2D eigenvalue weighted by Gasteiger charge is -2.30. The van der Waals surface area contributed by atoms with Gasteiger partial charge in [-0.15, -0.1) is 0 Å². The summed E-state index contributed by atoms with van der Waals surface area (Å²) in [5.74, 6) is -12.4. The minimum absolute atomic E-state index is 0.0222.